The van der Waals surface area contributed by atoms with Crippen molar-refractivity contribution in [3.05, 3.63) is 41.2 Å². The van der Waals surface area contributed by atoms with Gasteiger partial charge in [0.15, 0.2) is 0 Å². The molecule has 0 saturated carbocycles. The largest absolute Gasteiger partial charge is 0.358 e. The van der Waals surface area contributed by atoms with Gasteiger partial charge in [-0.3, -0.25) is 0 Å². The van der Waals surface area contributed by atoms with E-state index in [1.807, 2.05) is 6.07 Å². The molecule has 0 unspecified atom stereocenters. The van der Waals surface area contributed by atoms with Crippen LogP contribution in [0, 0.1) is 5.82 Å². The van der Waals surface area contributed by atoms with Crippen LogP contribution < -0.4 is 5.19 Å². The highest BCUT2D eigenvalue weighted by atomic mass is 28.3. The normalized spacial score (nSPS) is 28.1. The van der Waals surface area contributed by atoms with Crippen LogP contribution in [0.25, 0.3) is 0 Å². The molecule has 108 valence electrons. The lowest BCUT2D eigenvalue weighted by atomic mass is 9.95. The van der Waals surface area contributed by atoms with Crippen molar-refractivity contribution in [1.29, 1.82) is 0 Å². The van der Waals surface area contributed by atoms with E-state index in [9.17, 15) is 4.39 Å². The van der Waals surface area contributed by atoms with Crippen molar-refractivity contribution >= 4 is 21.3 Å². The van der Waals surface area contributed by atoms with E-state index in [0.29, 0.717) is 0 Å². The Morgan fingerprint density at radius 3 is 2.30 bits per heavy atom. The summed E-state index contributed by atoms with van der Waals surface area (Å²) < 4.78 is 21.0. The van der Waals surface area contributed by atoms with E-state index in [1.165, 1.54) is 5.19 Å². The van der Waals surface area contributed by atoms with Gasteiger partial charge in [-0.1, -0.05) is 62.7 Å². The molecular formula is C16H23FOSi2. The second-order valence-electron chi connectivity index (χ2n) is 8.02. The van der Waals surface area contributed by atoms with Crippen molar-refractivity contribution in [3.8, 4) is 0 Å². The van der Waals surface area contributed by atoms with E-state index in [1.54, 1.807) is 6.07 Å². The standard InChI is InChI=1S/C16H23FOSi2/c1-19(2,3)13-8-7-11(17)15-14(13)12-9-10-16(15,18-12)20(4,5)6/h7-10,12H,1-6H3/t12-,16-/m1/s1. The minimum absolute atomic E-state index is 0.0332. The van der Waals surface area contributed by atoms with E-state index in [2.05, 4.69) is 51.4 Å². The molecule has 0 saturated heterocycles. The molecule has 0 amide bonds. The molecular weight excluding hydrogens is 283 g/mol. The Hall–Kier alpha value is -0.716. The number of ether oxygens (including phenoxy) is 1. The van der Waals surface area contributed by atoms with Crippen LogP contribution in [0.15, 0.2) is 24.3 Å². The number of hydrogen-bond donors (Lipinski definition) is 0. The van der Waals surface area contributed by atoms with Gasteiger partial charge in [-0.15, -0.1) is 0 Å². The van der Waals surface area contributed by atoms with Crippen molar-refractivity contribution in [2.75, 3.05) is 0 Å². The molecule has 0 fully saturated rings. The van der Waals surface area contributed by atoms with Crippen LogP contribution in [0.4, 0.5) is 4.39 Å². The fraction of sp³-hybridized carbons (Fsp3) is 0.500. The minimum atomic E-state index is -1.73. The molecule has 2 heterocycles. The van der Waals surface area contributed by atoms with Crippen molar-refractivity contribution in [2.24, 2.45) is 0 Å². The zero-order chi connectivity index (χ0) is 14.9. The second-order valence-corrected chi connectivity index (χ2v) is 18.3. The predicted octanol–water partition coefficient (Wildman–Crippen LogP) is 4.08. The third-order valence-corrected chi connectivity index (χ3v) is 9.41. The number of rotatable bonds is 2. The summed E-state index contributed by atoms with van der Waals surface area (Å²) in [5.74, 6) is -0.0868. The van der Waals surface area contributed by atoms with E-state index in [4.69, 9.17) is 4.74 Å². The number of halogens is 1. The van der Waals surface area contributed by atoms with Gasteiger partial charge in [0.05, 0.1) is 16.1 Å². The Morgan fingerprint density at radius 1 is 1.10 bits per heavy atom. The lowest BCUT2D eigenvalue weighted by molar-refractivity contribution is 0.0475. The summed E-state index contributed by atoms with van der Waals surface area (Å²) in [6, 6.07) is 3.66. The molecule has 2 aliphatic heterocycles. The van der Waals surface area contributed by atoms with Gasteiger partial charge in [-0.2, -0.15) is 0 Å². The van der Waals surface area contributed by atoms with Crippen molar-refractivity contribution < 1.29 is 9.13 Å². The van der Waals surface area contributed by atoms with E-state index in [-0.39, 0.29) is 11.9 Å². The molecule has 3 rings (SSSR count). The fourth-order valence-corrected chi connectivity index (χ4v) is 7.26. The van der Waals surface area contributed by atoms with Gasteiger partial charge in [-0.05, 0) is 11.6 Å². The smallest absolute Gasteiger partial charge is 0.129 e. The molecule has 0 radical (unpaired) electrons. The first-order chi connectivity index (χ1) is 9.08. The highest BCUT2D eigenvalue weighted by Gasteiger charge is 2.57. The molecule has 0 spiro atoms. The lowest BCUT2D eigenvalue weighted by Crippen LogP contribution is -2.48. The van der Waals surface area contributed by atoms with E-state index >= 15 is 0 Å². The second kappa shape index (κ2) is 3.93. The zero-order valence-corrected chi connectivity index (χ0v) is 15.2. The summed E-state index contributed by atoms with van der Waals surface area (Å²) in [6.45, 7) is 13.7. The molecule has 1 nitrogen and oxygen atoms in total. The summed E-state index contributed by atoms with van der Waals surface area (Å²) in [5.41, 5.74) is 2.00. The third kappa shape index (κ3) is 1.68. The SMILES string of the molecule is C[Si](C)(C)c1ccc(F)c2c1[C@H]1C=C[C@]2([Si](C)(C)C)O1. The maximum absolute atomic E-state index is 14.6. The topological polar surface area (TPSA) is 9.23 Å². The van der Waals surface area contributed by atoms with Crippen molar-refractivity contribution in [2.45, 2.75) is 50.6 Å². The number of hydrogen-bond acceptors (Lipinski definition) is 1. The first kappa shape index (κ1) is 14.2. The highest BCUT2D eigenvalue weighted by Crippen LogP contribution is 2.55. The monoisotopic (exact) mass is 306 g/mol. The molecule has 4 heteroatoms. The Bertz CT molecular complexity index is 610. The molecule has 2 aliphatic rings. The van der Waals surface area contributed by atoms with Gasteiger partial charge >= 0.3 is 0 Å². The number of fused-ring (bicyclic) bond motifs is 5. The van der Waals surface area contributed by atoms with Crippen LogP contribution in [0.3, 0.4) is 0 Å². The lowest BCUT2D eigenvalue weighted by Gasteiger charge is -2.37. The fourth-order valence-electron chi connectivity index (χ4n) is 3.52. The van der Waals surface area contributed by atoms with Crippen LogP contribution >= 0.6 is 0 Å². The first-order valence-electron chi connectivity index (χ1n) is 7.28. The van der Waals surface area contributed by atoms with Gasteiger partial charge in [0, 0.05) is 5.56 Å². The Morgan fingerprint density at radius 2 is 1.75 bits per heavy atom. The van der Waals surface area contributed by atoms with Crippen LogP contribution in [0.1, 0.15) is 17.2 Å². The molecule has 0 aliphatic carbocycles. The highest BCUT2D eigenvalue weighted by molar-refractivity contribution is 6.89. The third-order valence-electron chi connectivity index (χ3n) is 4.59. The van der Waals surface area contributed by atoms with E-state index < -0.39 is 21.4 Å². The Labute approximate surface area is 122 Å². The summed E-state index contributed by atoms with van der Waals surface area (Å²) >= 11 is 0. The molecule has 1 aromatic carbocycles. The Balaban J connectivity index is 2.33. The van der Waals surface area contributed by atoms with Crippen LogP contribution in [-0.2, 0) is 9.96 Å². The van der Waals surface area contributed by atoms with Crippen molar-refractivity contribution in [1.82, 2.24) is 0 Å². The summed E-state index contributed by atoms with van der Waals surface area (Å²) in [7, 11) is -3.24. The maximum atomic E-state index is 14.6. The molecule has 1 aromatic rings. The quantitative estimate of drug-likeness (QED) is 0.591. The molecule has 2 atom stereocenters. The van der Waals surface area contributed by atoms with Gasteiger partial charge in [0.2, 0.25) is 0 Å². The maximum Gasteiger partial charge on any atom is 0.129 e. The summed E-state index contributed by atoms with van der Waals surface area (Å²) in [4.78, 5) is 0. The molecule has 2 bridgehead atoms. The average molecular weight is 307 g/mol. The summed E-state index contributed by atoms with van der Waals surface area (Å²) in [5, 5.41) is 0.885. The summed E-state index contributed by atoms with van der Waals surface area (Å²) in [6.07, 6.45) is 4.24. The van der Waals surface area contributed by atoms with E-state index in [0.717, 1.165) is 11.1 Å². The first-order valence-corrected chi connectivity index (χ1v) is 14.3. The van der Waals surface area contributed by atoms with Crippen LogP contribution in [0.5, 0.6) is 0 Å². The van der Waals surface area contributed by atoms with Gasteiger partial charge in [-0.25, -0.2) is 4.39 Å². The molecule has 0 aromatic heterocycles. The van der Waals surface area contributed by atoms with Gasteiger partial charge < -0.3 is 4.74 Å². The average Bonchev–Trinajstić information content (AvgIpc) is 2.84. The van der Waals surface area contributed by atoms with Gasteiger partial charge in [0.1, 0.15) is 17.1 Å². The van der Waals surface area contributed by atoms with Gasteiger partial charge in [0.25, 0.3) is 0 Å². The Kier molecular flexibility index (Phi) is 2.80. The molecule has 20 heavy (non-hydrogen) atoms. The predicted molar refractivity (Wildman–Crippen MR) is 87.4 cm³/mol. The molecule has 0 N–H and O–H groups in total. The van der Waals surface area contributed by atoms with Crippen molar-refractivity contribution in [3.63, 3.8) is 0 Å². The number of benzene rings is 1. The van der Waals surface area contributed by atoms with Crippen LogP contribution in [0.2, 0.25) is 39.3 Å². The van der Waals surface area contributed by atoms with Crippen LogP contribution in [-0.4, -0.2) is 16.1 Å². The minimum Gasteiger partial charge on any atom is -0.358 e. The zero-order valence-electron chi connectivity index (χ0n) is 13.2.